The molecular formula is C11H17NO3. The van der Waals surface area contributed by atoms with Gasteiger partial charge in [-0.2, -0.15) is 0 Å². The van der Waals surface area contributed by atoms with Gasteiger partial charge in [0.1, 0.15) is 6.61 Å². The Bertz CT molecular complexity index is 287. The Morgan fingerprint density at radius 3 is 2.53 bits per heavy atom. The van der Waals surface area contributed by atoms with Gasteiger partial charge in [0.15, 0.2) is 11.5 Å². The molecule has 4 nitrogen and oxygen atoms in total. The number of methoxy groups -OCH3 is 1. The minimum Gasteiger partial charge on any atom is -0.493 e. The highest BCUT2D eigenvalue weighted by Crippen LogP contribution is 2.25. The van der Waals surface area contributed by atoms with Crippen molar-refractivity contribution < 1.29 is 14.6 Å². The van der Waals surface area contributed by atoms with Crippen LogP contribution in [-0.4, -0.2) is 38.5 Å². The van der Waals surface area contributed by atoms with Crippen LogP contribution in [0.2, 0.25) is 0 Å². The van der Waals surface area contributed by atoms with Crippen molar-refractivity contribution in [2.75, 3.05) is 27.4 Å². The minimum absolute atomic E-state index is 0.0473. The summed E-state index contributed by atoms with van der Waals surface area (Å²) in [5, 5.41) is 11.9. The number of aliphatic hydroxyl groups is 1. The topological polar surface area (TPSA) is 50.7 Å². The summed E-state index contributed by atoms with van der Waals surface area (Å²) in [4.78, 5) is 0. The number of hydrogen-bond donors (Lipinski definition) is 2. The van der Waals surface area contributed by atoms with Crippen LogP contribution in [0.25, 0.3) is 0 Å². The lowest BCUT2D eigenvalue weighted by atomic mass is 10.3. The molecule has 0 spiro atoms. The molecule has 15 heavy (non-hydrogen) atoms. The number of benzene rings is 1. The average molecular weight is 211 g/mol. The predicted molar refractivity (Wildman–Crippen MR) is 58.4 cm³/mol. The lowest BCUT2D eigenvalue weighted by Crippen LogP contribution is -2.35. The highest BCUT2D eigenvalue weighted by molar-refractivity contribution is 5.39. The van der Waals surface area contributed by atoms with Crippen LogP contribution in [0, 0.1) is 0 Å². The largest absolute Gasteiger partial charge is 0.493 e. The van der Waals surface area contributed by atoms with Gasteiger partial charge in [0.2, 0.25) is 0 Å². The summed E-state index contributed by atoms with van der Waals surface area (Å²) >= 11 is 0. The molecule has 0 aromatic heterocycles. The van der Waals surface area contributed by atoms with Crippen molar-refractivity contribution in [1.29, 1.82) is 0 Å². The van der Waals surface area contributed by atoms with Crippen LogP contribution in [0.1, 0.15) is 0 Å². The van der Waals surface area contributed by atoms with Gasteiger partial charge in [-0.25, -0.2) is 0 Å². The maximum atomic E-state index is 8.96. The van der Waals surface area contributed by atoms with Gasteiger partial charge >= 0.3 is 0 Å². The van der Waals surface area contributed by atoms with E-state index < -0.39 is 0 Å². The Balaban J connectivity index is 2.56. The summed E-state index contributed by atoms with van der Waals surface area (Å²) in [6, 6.07) is 7.37. The second-order valence-corrected chi connectivity index (χ2v) is 3.13. The summed E-state index contributed by atoms with van der Waals surface area (Å²) in [7, 11) is 3.39. The van der Waals surface area contributed by atoms with E-state index in [4.69, 9.17) is 14.6 Å². The van der Waals surface area contributed by atoms with Gasteiger partial charge in [-0.3, -0.25) is 0 Å². The van der Waals surface area contributed by atoms with E-state index in [9.17, 15) is 0 Å². The van der Waals surface area contributed by atoms with Gasteiger partial charge in [-0.15, -0.1) is 0 Å². The molecule has 0 heterocycles. The van der Waals surface area contributed by atoms with E-state index in [1.165, 1.54) is 0 Å². The maximum Gasteiger partial charge on any atom is 0.161 e. The smallest absolute Gasteiger partial charge is 0.161 e. The zero-order chi connectivity index (χ0) is 11.1. The van der Waals surface area contributed by atoms with Gasteiger partial charge in [0.05, 0.1) is 19.8 Å². The third-order valence-electron chi connectivity index (χ3n) is 2.14. The molecule has 0 radical (unpaired) electrons. The van der Waals surface area contributed by atoms with Crippen molar-refractivity contribution in [2.45, 2.75) is 6.04 Å². The number of hydrogen-bond acceptors (Lipinski definition) is 4. The molecule has 0 aliphatic heterocycles. The van der Waals surface area contributed by atoms with Crippen LogP contribution >= 0.6 is 0 Å². The van der Waals surface area contributed by atoms with E-state index in [2.05, 4.69) is 5.32 Å². The van der Waals surface area contributed by atoms with Gasteiger partial charge in [-0.1, -0.05) is 12.1 Å². The third kappa shape index (κ3) is 3.42. The molecule has 4 heteroatoms. The highest BCUT2D eigenvalue weighted by Gasteiger charge is 2.07. The minimum atomic E-state index is -0.0603. The molecule has 0 fully saturated rings. The molecule has 1 atom stereocenters. The van der Waals surface area contributed by atoms with E-state index in [1.807, 2.05) is 24.3 Å². The van der Waals surface area contributed by atoms with E-state index >= 15 is 0 Å². The first-order valence-corrected chi connectivity index (χ1v) is 4.85. The van der Waals surface area contributed by atoms with Crippen LogP contribution in [0.3, 0.4) is 0 Å². The number of rotatable bonds is 6. The van der Waals surface area contributed by atoms with Gasteiger partial charge in [0.25, 0.3) is 0 Å². The van der Waals surface area contributed by atoms with Crippen molar-refractivity contribution in [3.05, 3.63) is 24.3 Å². The number of aliphatic hydroxyl groups excluding tert-OH is 1. The summed E-state index contributed by atoms with van der Waals surface area (Å²) in [5.41, 5.74) is 0. The van der Waals surface area contributed by atoms with Crippen molar-refractivity contribution in [3.8, 4) is 11.5 Å². The fourth-order valence-corrected chi connectivity index (χ4v) is 1.16. The van der Waals surface area contributed by atoms with Crippen LogP contribution in [0.5, 0.6) is 11.5 Å². The first-order chi connectivity index (χ1) is 7.31. The molecule has 0 saturated carbocycles. The Morgan fingerprint density at radius 2 is 2.00 bits per heavy atom. The lowest BCUT2D eigenvalue weighted by Gasteiger charge is -2.15. The van der Waals surface area contributed by atoms with Crippen LogP contribution in [-0.2, 0) is 0 Å². The molecule has 0 aliphatic rings. The molecule has 2 N–H and O–H groups in total. The fourth-order valence-electron chi connectivity index (χ4n) is 1.16. The average Bonchev–Trinajstić information content (AvgIpc) is 2.31. The Kier molecular flexibility index (Phi) is 4.93. The zero-order valence-corrected chi connectivity index (χ0v) is 9.06. The van der Waals surface area contributed by atoms with Crippen LogP contribution < -0.4 is 14.8 Å². The van der Waals surface area contributed by atoms with Crippen LogP contribution in [0.4, 0.5) is 0 Å². The maximum absolute atomic E-state index is 8.96. The lowest BCUT2D eigenvalue weighted by molar-refractivity contribution is 0.185. The normalized spacial score (nSPS) is 12.2. The number of nitrogens with one attached hydrogen (secondary N) is 1. The summed E-state index contributed by atoms with van der Waals surface area (Å²) in [5.74, 6) is 1.39. The van der Waals surface area contributed by atoms with E-state index in [-0.39, 0.29) is 12.6 Å². The number of para-hydroxylation sites is 2. The van der Waals surface area contributed by atoms with Gasteiger partial charge in [-0.05, 0) is 19.2 Å². The fraction of sp³-hybridized carbons (Fsp3) is 0.455. The Labute approximate surface area is 89.8 Å². The Hall–Kier alpha value is -1.26. The zero-order valence-electron chi connectivity index (χ0n) is 9.06. The molecule has 0 amide bonds. The van der Waals surface area contributed by atoms with E-state index in [0.29, 0.717) is 18.1 Å². The number of likely N-dealkylation sites (N-methyl/N-ethyl adjacent to an activating group) is 1. The van der Waals surface area contributed by atoms with E-state index in [0.717, 1.165) is 0 Å². The molecular weight excluding hydrogens is 194 g/mol. The van der Waals surface area contributed by atoms with Gasteiger partial charge < -0.3 is 19.9 Å². The number of ether oxygens (including phenoxy) is 2. The SMILES string of the molecule is CNC(CO)COc1ccccc1OC. The van der Waals surface area contributed by atoms with E-state index in [1.54, 1.807) is 14.2 Å². The van der Waals surface area contributed by atoms with Gasteiger partial charge in [0, 0.05) is 0 Å². The molecule has 0 saturated heterocycles. The van der Waals surface area contributed by atoms with Crippen molar-refractivity contribution in [3.63, 3.8) is 0 Å². The molecule has 1 aromatic rings. The molecule has 1 aromatic carbocycles. The molecule has 84 valence electrons. The second-order valence-electron chi connectivity index (χ2n) is 3.13. The monoisotopic (exact) mass is 211 g/mol. The molecule has 1 rings (SSSR count). The highest BCUT2D eigenvalue weighted by atomic mass is 16.5. The van der Waals surface area contributed by atoms with Crippen molar-refractivity contribution >= 4 is 0 Å². The summed E-state index contributed by atoms with van der Waals surface area (Å²) in [6.07, 6.45) is 0. The second kappa shape index (κ2) is 6.27. The third-order valence-corrected chi connectivity index (χ3v) is 2.14. The first kappa shape index (κ1) is 11.8. The quantitative estimate of drug-likeness (QED) is 0.725. The first-order valence-electron chi connectivity index (χ1n) is 4.85. The van der Waals surface area contributed by atoms with Crippen molar-refractivity contribution in [1.82, 2.24) is 5.32 Å². The summed E-state index contributed by atoms with van der Waals surface area (Å²) < 4.78 is 10.7. The summed E-state index contributed by atoms with van der Waals surface area (Å²) in [6.45, 7) is 0.457. The predicted octanol–water partition coefficient (Wildman–Crippen LogP) is 0.654. The van der Waals surface area contributed by atoms with Crippen molar-refractivity contribution in [2.24, 2.45) is 0 Å². The standard InChI is InChI=1S/C11H17NO3/c1-12-9(7-13)8-15-11-6-4-3-5-10(11)14-2/h3-6,9,12-13H,7-8H2,1-2H3. The molecule has 0 aliphatic carbocycles. The molecule has 1 unspecified atom stereocenters. The van der Waals surface area contributed by atoms with Crippen LogP contribution in [0.15, 0.2) is 24.3 Å². The molecule has 0 bridgehead atoms. The Morgan fingerprint density at radius 1 is 1.33 bits per heavy atom.